The van der Waals surface area contributed by atoms with Crippen LogP contribution in [0.4, 0.5) is 5.69 Å². The third kappa shape index (κ3) is 3.97. The molecular formula is C16H15BrN2O2. The molecule has 0 radical (unpaired) electrons. The summed E-state index contributed by atoms with van der Waals surface area (Å²) in [5.41, 5.74) is 1.99. The van der Waals surface area contributed by atoms with Crippen molar-refractivity contribution in [2.75, 3.05) is 19.0 Å². The lowest BCUT2D eigenvalue weighted by Crippen LogP contribution is -2.13. The molecule has 0 aliphatic rings. The Bertz CT molecular complexity index is 668. The number of nitrogens with zero attached hydrogens (tertiary/aromatic N) is 1. The van der Waals surface area contributed by atoms with Crippen LogP contribution in [0.5, 0.6) is 5.75 Å². The maximum absolute atomic E-state index is 10.2. The van der Waals surface area contributed by atoms with Crippen LogP contribution < -0.4 is 10.1 Å². The summed E-state index contributed by atoms with van der Waals surface area (Å²) in [5, 5.41) is 22.4. The molecule has 1 atom stereocenters. The molecule has 2 aromatic carbocycles. The molecule has 21 heavy (non-hydrogen) atoms. The van der Waals surface area contributed by atoms with Crippen LogP contribution in [0.1, 0.15) is 17.2 Å². The van der Waals surface area contributed by atoms with E-state index < -0.39 is 6.10 Å². The van der Waals surface area contributed by atoms with Gasteiger partial charge in [-0.2, -0.15) is 5.26 Å². The molecule has 0 spiro atoms. The van der Waals surface area contributed by atoms with Gasteiger partial charge >= 0.3 is 0 Å². The van der Waals surface area contributed by atoms with Gasteiger partial charge in [-0.05, 0) is 35.9 Å². The molecule has 1 unspecified atom stereocenters. The Kier molecular flexibility index (Phi) is 5.20. The van der Waals surface area contributed by atoms with Crippen LogP contribution in [0.15, 0.2) is 46.9 Å². The molecule has 5 heteroatoms. The van der Waals surface area contributed by atoms with Gasteiger partial charge in [-0.1, -0.05) is 28.1 Å². The lowest BCUT2D eigenvalue weighted by molar-refractivity contribution is 0.191. The van der Waals surface area contributed by atoms with Crippen molar-refractivity contribution in [1.82, 2.24) is 0 Å². The van der Waals surface area contributed by atoms with E-state index in [1.807, 2.05) is 24.3 Å². The number of rotatable bonds is 5. The van der Waals surface area contributed by atoms with E-state index in [0.717, 1.165) is 10.0 Å². The molecule has 0 aliphatic carbocycles. The van der Waals surface area contributed by atoms with Crippen molar-refractivity contribution in [1.29, 1.82) is 5.26 Å². The van der Waals surface area contributed by atoms with E-state index in [1.165, 1.54) is 0 Å². The summed E-state index contributed by atoms with van der Waals surface area (Å²) < 4.78 is 5.98. The topological polar surface area (TPSA) is 65.3 Å². The molecule has 108 valence electrons. The minimum Gasteiger partial charge on any atom is -0.497 e. The fourth-order valence-electron chi connectivity index (χ4n) is 1.94. The SMILES string of the molecule is COc1cccc(C(O)CNc2ccc(Br)cc2C#N)c1. The lowest BCUT2D eigenvalue weighted by atomic mass is 10.1. The Labute approximate surface area is 132 Å². The summed E-state index contributed by atoms with van der Waals surface area (Å²) in [6.07, 6.45) is -0.685. The van der Waals surface area contributed by atoms with Crippen molar-refractivity contribution < 1.29 is 9.84 Å². The summed E-state index contributed by atoms with van der Waals surface area (Å²) >= 11 is 3.33. The average molecular weight is 347 g/mol. The lowest BCUT2D eigenvalue weighted by Gasteiger charge is -2.15. The Hall–Kier alpha value is -2.03. The predicted molar refractivity (Wildman–Crippen MR) is 85.3 cm³/mol. The highest BCUT2D eigenvalue weighted by Gasteiger charge is 2.10. The van der Waals surface area contributed by atoms with Gasteiger partial charge in [0.15, 0.2) is 0 Å². The van der Waals surface area contributed by atoms with Gasteiger partial charge in [-0.15, -0.1) is 0 Å². The first-order valence-electron chi connectivity index (χ1n) is 6.39. The molecular weight excluding hydrogens is 332 g/mol. The van der Waals surface area contributed by atoms with Gasteiger partial charge in [0.2, 0.25) is 0 Å². The van der Waals surface area contributed by atoms with Crippen LogP contribution in [0, 0.1) is 11.3 Å². The Morgan fingerprint density at radius 2 is 2.14 bits per heavy atom. The Morgan fingerprint density at radius 3 is 2.86 bits per heavy atom. The third-order valence-corrected chi connectivity index (χ3v) is 3.56. The van der Waals surface area contributed by atoms with Crippen LogP contribution in [0.3, 0.4) is 0 Å². The van der Waals surface area contributed by atoms with E-state index in [0.29, 0.717) is 23.5 Å². The van der Waals surface area contributed by atoms with Gasteiger partial charge in [0.1, 0.15) is 11.8 Å². The number of nitriles is 1. The van der Waals surface area contributed by atoms with Crippen LogP contribution in [-0.2, 0) is 0 Å². The second-order valence-electron chi connectivity index (χ2n) is 4.48. The largest absolute Gasteiger partial charge is 0.497 e. The molecule has 4 nitrogen and oxygen atoms in total. The van der Waals surface area contributed by atoms with Gasteiger partial charge < -0.3 is 15.2 Å². The van der Waals surface area contributed by atoms with Crippen LogP contribution in [-0.4, -0.2) is 18.8 Å². The average Bonchev–Trinajstić information content (AvgIpc) is 2.53. The molecule has 0 fully saturated rings. The van der Waals surface area contributed by atoms with E-state index in [1.54, 1.807) is 25.3 Å². The summed E-state index contributed by atoms with van der Waals surface area (Å²) in [5.74, 6) is 0.702. The van der Waals surface area contributed by atoms with E-state index in [2.05, 4.69) is 27.3 Å². The summed E-state index contributed by atoms with van der Waals surface area (Å²) in [6, 6.07) is 14.8. The smallest absolute Gasteiger partial charge is 0.119 e. The van der Waals surface area contributed by atoms with Crippen molar-refractivity contribution >= 4 is 21.6 Å². The number of aliphatic hydroxyl groups is 1. The number of methoxy groups -OCH3 is 1. The summed E-state index contributed by atoms with van der Waals surface area (Å²) in [6.45, 7) is 0.309. The van der Waals surface area contributed by atoms with Crippen LogP contribution in [0.25, 0.3) is 0 Å². The Balaban J connectivity index is 2.07. The summed E-state index contributed by atoms with van der Waals surface area (Å²) in [7, 11) is 1.59. The maximum atomic E-state index is 10.2. The molecule has 0 saturated carbocycles. The van der Waals surface area contributed by atoms with Crippen molar-refractivity contribution in [3.05, 3.63) is 58.1 Å². The molecule has 0 aliphatic heterocycles. The zero-order chi connectivity index (χ0) is 15.2. The quantitative estimate of drug-likeness (QED) is 0.869. The van der Waals surface area contributed by atoms with E-state index in [4.69, 9.17) is 10.00 Å². The number of anilines is 1. The number of ether oxygens (including phenoxy) is 1. The monoisotopic (exact) mass is 346 g/mol. The molecule has 2 aromatic rings. The van der Waals surface area contributed by atoms with Crippen LogP contribution in [0.2, 0.25) is 0 Å². The number of halogens is 1. The standard InChI is InChI=1S/C16H15BrN2O2/c1-21-14-4-2-3-11(8-14)16(20)10-19-15-6-5-13(17)7-12(15)9-18/h2-8,16,19-20H,10H2,1H3. The van der Waals surface area contributed by atoms with Crippen molar-refractivity contribution in [2.45, 2.75) is 6.10 Å². The van der Waals surface area contributed by atoms with Crippen LogP contribution >= 0.6 is 15.9 Å². The van der Waals surface area contributed by atoms with E-state index >= 15 is 0 Å². The van der Waals surface area contributed by atoms with Gasteiger partial charge in [0.05, 0.1) is 24.5 Å². The number of hydrogen-bond acceptors (Lipinski definition) is 4. The highest BCUT2D eigenvalue weighted by Crippen LogP contribution is 2.23. The van der Waals surface area contributed by atoms with E-state index in [9.17, 15) is 5.11 Å². The number of aliphatic hydroxyl groups excluding tert-OH is 1. The zero-order valence-corrected chi connectivity index (χ0v) is 13.1. The minimum absolute atomic E-state index is 0.309. The highest BCUT2D eigenvalue weighted by atomic mass is 79.9. The van der Waals surface area contributed by atoms with Gasteiger partial charge in [0, 0.05) is 11.0 Å². The van der Waals surface area contributed by atoms with Gasteiger partial charge in [-0.25, -0.2) is 0 Å². The molecule has 2 rings (SSSR count). The molecule has 0 heterocycles. The predicted octanol–water partition coefficient (Wildman–Crippen LogP) is 3.47. The summed E-state index contributed by atoms with van der Waals surface area (Å²) in [4.78, 5) is 0. The second-order valence-corrected chi connectivity index (χ2v) is 5.39. The fraction of sp³-hybridized carbons (Fsp3) is 0.188. The molecule has 0 amide bonds. The highest BCUT2D eigenvalue weighted by molar-refractivity contribution is 9.10. The maximum Gasteiger partial charge on any atom is 0.119 e. The fourth-order valence-corrected chi connectivity index (χ4v) is 2.30. The number of benzene rings is 2. The first kappa shape index (κ1) is 15.4. The number of hydrogen-bond donors (Lipinski definition) is 2. The minimum atomic E-state index is -0.685. The molecule has 0 bridgehead atoms. The third-order valence-electron chi connectivity index (χ3n) is 3.07. The molecule has 0 saturated heterocycles. The number of nitrogens with one attached hydrogen (secondary N) is 1. The molecule has 0 aromatic heterocycles. The first-order valence-corrected chi connectivity index (χ1v) is 7.19. The Morgan fingerprint density at radius 1 is 1.33 bits per heavy atom. The zero-order valence-electron chi connectivity index (χ0n) is 11.5. The van der Waals surface area contributed by atoms with Crippen molar-refractivity contribution in [3.63, 3.8) is 0 Å². The second kappa shape index (κ2) is 7.11. The van der Waals surface area contributed by atoms with Gasteiger partial charge in [-0.3, -0.25) is 0 Å². The first-order chi connectivity index (χ1) is 10.1. The van der Waals surface area contributed by atoms with E-state index in [-0.39, 0.29) is 0 Å². The normalized spacial score (nSPS) is 11.5. The van der Waals surface area contributed by atoms with Gasteiger partial charge in [0.25, 0.3) is 0 Å². The van der Waals surface area contributed by atoms with Crippen molar-refractivity contribution in [2.24, 2.45) is 0 Å². The van der Waals surface area contributed by atoms with Crippen molar-refractivity contribution in [3.8, 4) is 11.8 Å². The molecule has 2 N–H and O–H groups in total.